The lowest BCUT2D eigenvalue weighted by molar-refractivity contribution is 0.0699. The van der Waals surface area contributed by atoms with Crippen molar-refractivity contribution in [3.8, 4) is 5.69 Å². The molecule has 27 heavy (non-hydrogen) atoms. The zero-order valence-electron chi connectivity index (χ0n) is 15.9. The Labute approximate surface area is 165 Å². The maximum absolute atomic E-state index is 13.3. The van der Waals surface area contributed by atoms with E-state index in [1.165, 1.54) is 12.1 Å². The summed E-state index contributed by atoms with van der Waals surface area (Å²) >= 11 is 6.05. The molecule has 1 aliphatic heterocycles. The van der Waals surface area contributed by atoms with E-state index in [1.54, 1.807) is 0 Å². The Morgan fingerprint density at radius 1 is 1.11 bits per heavy atom. The van der Waals surface area contributed by atoms with Crippen molar-refractivity contribution in [3.63, 3.8) is 0 Å². The van der Waals surface area contributed by atoms with Gasteiger partial charge in [0.15, 0.2) is 5.69 Å². The van der Waals surface area contributed by atoms with Crippen molar-refractivity contribution in [2.24, 2.45) is 0 Å². The second kappa shape index (κ2) is 8.03. The lowest BCUT2D eigenvalue weighted by atomic mass is 10.0. The predicted octanol–water partition coefficient (Wildman–Crippen LogP) is 3.62. The summed E-state index contributed by atoms with van der Waals surface area (Å²) in [5.41, 5.74) is 3.99. The van der Waals surface area contributed by atoms with Gasteiger partial charge in [0.05, 0.1) is 5.69 Å². The van der Waals surface area contributed by atoms with Crippen molar-refractivity contribution in [2.75, 3.05) is 20.1 Å². The predicted molar refractivity (Wildman–Crippen MR) is 108 cm³/mol. The number of halogens is 1. The first kappa shape index (κ1) is 18.5. The standard InChI is InChI=1S/C21H27ClN4O/c1-23-16-11-13-25(14-12-16)21(27)20-18-5-3-2-4-6-19(18)26(24-20)17-9-7-15(22)8-10-17/h7-10,16,23H,2-6,11-14H2,1H3. The van der Waals surface area contributed by atoms with Crippen LogP contribution >= 0.6 is 11.6 Å². The van der Waals surface area contributed by atoms with E-state index in [0.29, 0.717) is 16.8 Å². The van der Waals surface area contributed by atoms with Gasteiger partial charge in [-0.05, 0) is 69.8 Å². The number of carbonyl (C=O) groups excluding carboxylic acids is 1. The lowest BCUT2D eigenvalue weighted by Gasteiger charge is -2.31. The minimum Gasteiger partial charge on any atom is -0.337 e. The molecule has 1 saturated heterocycles. The van der Waals surface area contributed by atoms with Crippen LogP contribution in [0.2, 0.25) is 5.02 Å². The van der Waals surface area contributed by atoms with E-state index >= 15 is 0 Å². The maximum Gasteiger partial charge on any atom is 0.274 e. The molecule has 2 heterocycles. The Balaban J connectivity index is 1.68. The smallest absolute Gasteiger partial charge is 0.274 e. The van der Waals surface area contributed by atoms with Gasteiger partial charge >= 0.3 is 0 Å². The highest BCUT2D eigenvalue weighted by Crippen LogP contribution is 2.28. The highest BCUT2D eigenvalue weighted by atomic mass is 35.5. The summed E-state index contributed by atoms with van der Waals surface area (Å²) in [4.78, 5) is 15.3. The first-order valence-corrected chi connectivity index (χ1v) is 10.4. The number of nitrogens with zero attached hydrogens (tertiary/aromatic N) is 3. The van der Waals surface area contributed by atoms with Crippen LogP contribution in [0.5, 0.6) is 0 Å². The maximum atomic E-state index is 13.3. The second-order valence-corrected chi connectivity index (χ2v) is 8.01. The Hall–Kier alpha value is -1.85. The summed E-state index contributed by atoms with van der Waals surface area (Å²) in [7, 11) is 2.00. The van der Waals surface area contributed by atoms with Gasteiger partial charge in [0.1, 0.15) is 0 Å². The third kappa shape index (κ3) is 3.76. The number of fused-ring (bicyclic) bond motifs is 1. The average molecular weight is 387 g/mol. The molecular formula is C21H27ClN4O. The molecule has 5 nitrogen and oxygen atoms in total. The van der Waals surface area contributed by atoms with Crippen LogP contribution in [-0.2, 0) is 12.8 Å². The van der Waals surface area contributed by atoms with Gasteiger partial charge in [0, 0.05) is 35.4 Å². The highest BCUT2D eigenvalue weighted by Gasteiger charge is 2.29. The van der Waals surface area contributed by atoms with Gasteiger partial charge in [-0.15, -0.1) is 0 Å². The topological polar surface area (TPSA) is 50.2 Å². The average Bonchev–Trinajstić information content (AvgIpc) is 2.89. The third-order valence-electron chi connectivity index (χ3n) is 5.89. The fourth-order valence-corrected chi connectivity index (χ4v) is 4.39. The van der Waals surface area contributed by atoms with Crippen molar-refractivity contribution in [1.82, 2.24) is 20.0 Å². The molecule has 1 fully saturated rings. The van der Waals surface area contributed by atoms with E-state index in [9.17, 15) is 4.79 Å². The minimum atomic E-state index is 0.0930. The van der Waals surface area contributed by atoms with Gasteiger partial charge in [-0.25, -0.2) is 4.68 Å². The molecule has 0 spiro atoms. The summed E-state index contributed by atoms with van der Waals surface area (Å²) in [6.07, 6.45) is 7.40. The summed E-state index contributed by atoms with van der Waals surface area (Å²) < 4.78 is 1.98. The number of benzene rings is 1. The minimum absolute atomic E-state index is 0.0930. The number of hydrogen-bond donors (Lipinski definition) is 1. The molecule has 0 radical (unpaired) electrons. The third-order valence-corrected chi connectivity index (χ3v) is 6.15. The van der Waals surface area contributed by atoms with Crippen molar-refractivity contribution < 1.29 is 4.79 Å². The van der Waals surface area contributed by atoms with Crippen LogP contribution in [0.3, 0.4) is 0 Å². The highest BCUT2D eigenvalue weighted by molar-refractivity contribution is 6.30. The van der Waals surface area contributed by atoms with Gasteiger partial charge in [-0.2, -0.15) is 5.10 Å². The summed E-state index contributed by atoms with van der Waals surface area (Å²) in [5, 5.41) is 8.85. The quantitative estimate of drug-likeness (QED) is 0.819. The number of aromatic nitrogens is 2. The Kier molecular flexibility index (Phi) is 5.50. The van der Waals surface area contributed by atoms with Crippen molar-refractivity contribution in [1.29, 1.82) is 0 Å². The molecule has 2 aromatic rings. The molecular weight excluding hydrogens is 360 g/mol. The Morgan fingerprint density at radius 2 is 1.81 bits per heavy atom. The zero-order chi connectivity index (χ0) is 18.8. The summed E-state index contributed by atoms with van der Waals surface area (Å²) in [6, 6.07) is 8.23. The molecule has 0 unspecified atom stereocenters. The molecule has 0 bridgehead atoms. The molecule has 1 aromatic heterocycles. The normalized spacial score (nSPS) is 18.2. The van der Waals surface area contributed by atoms with E-state index in [-0.39, 0.29) is 5.91 Å². The van der Waals surface area contributed by atoms with E-state index in [2.05, 4.69) is 5.32 Å². The summed E-state index contributed by atoms with van der Waals surface area (Å²) in [5.74, 6) is 0.0930. The number of carbonyl (C=O) groups is 1. The Bertz CT molecular complexity index is 806. The monoisotopic (exact) mass is 386 g/mol. The van der Waals surface area contributed by atoms with Crippen LogP contribution < -0.4 is 5.32 Å². The molecule has 0 saturated carbocycles. The van der Waals surface area contributed by atoms with Crippen LogP contribution in [0.15, 0.2) is 24.3 Å². The first-order valence-electron chi connectivity index (χ1n) is 10.0. The Morgan fingerprint density at radius 3 is 2.52 bits per heavy atom. The lowest BCUT2D eigenvalue weighted by Crippen LogP contribution is -2.44. The van der Waals surface area contributed by atoms with E-state index < -0.39 is 0 Å². The molecule has 1 amide bonds. The van der Waals surface area contributed by atoms with Crippen molar-refractivity contribution in [3.05, 3.63) is 46.2 Å². The molecule has 1 aromatic carbocycles. The molecule has 4 rings (SSSR count). The van der Waals surface area contributed by atoms with Crippen LogP contribution in [0.25, 0.3) is 5.69 Å². The van der Waals surface area contributed by atoms with Crippen molar-refractivity contribution >= 4 is 17.5 Å². The molecule has 0 atom stereocenters. The van der Waals surface area contributed by atoms with Gasteiger partial charge in [0.2, 0.25) is 0 Å². The molecule has 1 aliphatic carbocycles. The van der Waals surface area contributed by atoms with Crippen LogP contribution in [0.4, 0.5) is 0 Å². The molecule has 6 heteroatoms. The number of hydrogen-bond acceptors (Lipinski definition) is 3. The van der Waals surface area contributed by atoms with Gasteiger partial charge in [-0.3, -0.25) is 4.79 Å². The number of nitrogens with one attached hydrogen (secondary N) is 1. The van der Waals surface area contributed by atoms with E-state index in [4.69, 9.17) is 16.7 Å². The van der Waals surface area contributed by atoms with Crippen LogP contribution in [0, 0.1) is 0 Å². The van der Waals surface area contributed by atoms with E-state index in [1.807, 2.05) is 40.9 Å². The van der Waals surface area contributed by atoms with Crippen LogP contribution in [0.1, 0.15) is 53.8 Å². The fourth-order valence-electron chi connectivity index (χ4n) is 4.26. The molecule has 1 N–H and O–H groups in total. The number of likely N-dealkylation sites (tertiary alicyclic amines) is 1. The first-order chi connectivity index (χ1) is 13.2. The molecule has 2 aliphatic rings. The zero-order valence-corrected chi connectivity index (χ0v) is 16.6. The largest absolute Gasteiger partial charge is 0.337 e. The number of amides is 1. The van der Waals surface area contributed by atoms with E-state index in [0.717, 1.165) is 62.9 Å². The van der Waals surface area contributed by atoms with Gasteiger partial charge < -0.3 is 10.2 Å². The SMILES string of the molecule is CNC1CCN(C(=O)c2nn(-c3ccc(Cl)cc3)c3c2CCCCC3)CC1. The van der Waals surface area contributed by atoms with Gasteiger partial charge in [0.25, 0.3) is 5.91 Å². The van der Waals surface area contributed by atoms with Crippen molar-refractivity contribution in [2.45, 2.75) is 51.0 Å². The molecule has 144 valence electrons. The van der Waals surface area contributed by atoms with Crippen LogP contribution in [-0.4, -0.2) is 46.8 Å². The number of piperidine rings is 1. The van der Waals surface area contributed by atoms with Gasteiger partial charge in [-0.1, -0.05) is 18.0 Å². The number of rotatable bonds is 3. The second-order valence-electron chi connectivity index (χ2n) is 7.58. The summed E-state index contributed by atoms with van der Waals surface area (Å²) in [6.45, 7) is 1.60. The fraction of sp³-hybridized carbons (Fsp3) is 0.524.